The van der Waals surface area contributed by atoms with Crippen molar-refractivity contribution in [1.82, 2.24) is 20.4 Å². The molecule has 0 unspecified atom stereocenters. The topological polar surface area (TPSA) is 88.3 Å². The Bertz CT molecular complexity index is 865. The number of Topliss-reactive ketones (excluding diaryl/α,β-unsaturated/α-hetero) is 1. The Kier molecular flexibility index (Phi) is 9.29. The molecule has 0 bridgehead atoms. The zero-order valence-electron chi connectivity index (χ0n) is 19.3. The molecule has 0 aliphatic heterocycles. The van der Waals surface area contributed by atoms with Crippen LogP contribution in [0.2, 0.25) is 0 Å². The minimum atomic E-state index is -0.653. The second-order valence-electron chi connectivity index (χ2n) is 8.87. The molecule has 1 fully saturated rings. The van der Waals surface area contributed by atoms with E-state index in [-0.39, 0.29) is 29.4 Å². The van der Waals surface area contributed by atoms with Crippen molar-refractivity contribution in [3.63, 3.8) is 0 Å². The number of carbonyl (C=O) groups is 2. The quantitative estimate of drug-likeness (QED) is 0.399. The Morgan fingerprint density at radius 1 is 1.16 bits per heavy atom. The summed E-state index contributed by atoms with van der Waals surface area (Å²) in [5.41, 5.74) is 1.26. The van der Waals surface area contributed by atoms with Crippen LogP contribution in [-0.2, 0) is 11.3 Å². The SMILES string of the molecule is CC(C)[C@H](NC(=O)C1CCCCC1)C(=O)c1nnc(SCCN(C)Cc2ccccc2)o1. The first-order chi connectivity index (χ1) is 15.4. The Hall–Kier alpha value is -2.19. The van der Waals surface area contributed by atoms with Gasteiger partial charge in [0.2, 0.25) is 11.7 Å². The fraction of sp³-hybridized carbons (Fsp3) is 0.583. The third kappa shape index (κ3) is 7.17. The molecular formula is C24H34N4O3S. The molecule has 32 heavy (non-hydrogen) atoms. The zero-order chi connectivity index (χ0) is 22.9. The zero-order valence-corrected chi connectivity index (χ0v) is 20.1. The molecule has 0 radical (unpaired) electrons. The van der Waals surface area contributed by atoms with Crippen LogP contribution in [0.4, 0.5) is 0 Å². The summed E-state index contributed by atoms with van der Waals surface area (Å²) in [6.45, 7) is 5.54. The number of thioether (sulfide) groups is 1. The smallest absolute Gasteiger partial charge is 0.286 e. The number of amides is 1. The van der Waals surface area contributed by atoms with Crippen molar-refractivity contribution < 1.29 is 14.0 Å². The molecule has 1 heterocycles. The molecule has 174 valence electrons. The number of aromatic nitrogens is 2. The molecule has 0 saturated heterocycles. The summed E-state index contributed by atoms with van der Waals surface area (Å²) in [5.74, 6) is 0.319. The highest BCUT2D eigenvalue weighted by Gasteiger charge is 2.32. The van der Waals surface area contributed by atoms with Crippen LogP contribution in [0.5, 0.6) is 0 Å². The van der Waals surface area contributed by atoms with Crippen LogP contribution in [0.25, 0.3) is 0 Å². The van der Waals surface area contributed by atoms with Gasteiger partial charge in [-0.2, -0.15) is 0 Å². The second kappa shape index (κ2) is 12.2. The molecule has 1 aromatic carbocycles. The van der Waals surface area contributed by atoms with Crippen molar-refractivity contribution in [2.45, 2.75) is 63.8 Å². The molecular weight excluding hydrogens is 424 g/mol. The number of ketones is 1. The van der Waals surface area contributed by atoms with Crippen LogP contribution in [0, 0.1) is 11.8 Å². The Labute approximate surface area is 194 Å². The molecule has 1 aliphatic carbocycles. The summed E-state index contributed by atoms with van der Waals surface area (Å²) in [6.07, 6.45) is 5.11. The third-order valence-electron chi connectivity index (χ3n) is 5.83. The fourth-order valence-corrected chi connectivity index (χ4v) is 4.75. The van der Waals surface area contributed by atoms with Crippen molar-refractivity contribution in [2.24, 2.45) is 11.8 Å². The number of hydrogen-bond acceptors (Lipinski definition) is 7. The van der Waals surface area contributed by atoms with Gasteiger partial charge in [-0.3, -0.25) is 9.59 Å². The lowest BCUT2D eigenvalue weighted by atomic mass is 9.88. The standard InChI is InChI=1S/C24H34N4O3S/c1-17(2)20(25-22(30)19-12-8-5-9-13-19)21(29)23-26-27-24(31-23)32-15-14-28(3)16-18-10-6-4-7-11-18/h4,6-7,10-11,17,19-20H,5,8-9,12-16H2,1-3H3,(H,25,30)/t20-/m0/s1. The van der Waals surface area contributed by atoms with E-state index in [4.69, 9.17) is 4.42 Å². The Morgan fingerprint density at radius 2 is 1.88 bits per heavy atom. The molecule has 8 heteroatoms. The van der Waals surface area contributed by atoms with Gasteiger partial charge < -0.3 is 14.6 Å². The van der Waals surface area contributed by atoms with E-state index in [1.807, 2.05) is 32.0 Å². The van der Waals surface area contributed by atoms with E-state index in [1.165, 1.54) is 23.7 Å². The summed E-state index contributed by atoms with van der Waals surface area (Å²) in [7, 11) is 2.07. The van der Waals surface area contributed by atoms with Crippen molar-refractivity contribution in [3.8, 4) is 0 Å². The Balaban J connectivity index is 1.49. The van der Waals surface area contributed by atoms with E-state index in [1.54, 1.807) is 0 Å². The number of nitrogens with zero attached hydrogens (tertiary/aromatic N) is 3. The van der Waals surface area contributed by atoms with Gasteiger partial charge in [0.05, 0.1) is 6.04 Å². The van der Waals surface area contributed by atoms with E-state index in [0.29, 0.717) is 5.22 Å². The van der Waals surface area contributed by atoms with Crippen LogP contribution in [0.3, 0.4) is 0 Å². The maximum atomic E-state index is 13.0. The minimum absolute atomic E-state index is 0.000484. The average molecular weight is 459 g/mol. The van der Waals surface area contributed by atoms with Gasteiger partial charge >= 0.3 is 0 Å². The summed E-state index contributed by atoms with van der Waals surface area (Å²) in [5, 5.41) is 11.3. The normalized spacial score (nSPS) is 15.8. The van der Waals surface area contributed by atoms with Crippen molar-refractivity contribution >= 4 is 23.5 Å². The highest BCUT2D eigenvalue weighted by Crippen LogP contribution is 2.24. The predicted octanol–water partition coefficient (Wildman–Crippen LogP) is 4.20. The highest BCUT2D eigenvalue weighted by atomic mass is 32.2. The minimum Gasteiger partial charge on any atom is -0.408 e. The fourth-order valence-electron chi connectivity index (χ4n) is 3.93. The van der Waals surface area contributed by atoms with Crippen molar-refractivity contribution in [3.05, 3.63) is 41.8 Å². The molecule has 2 aromatic rings. The molecule has 1 amide bonds. The van der Waals surface area contributed by atoms with Crippen molar-refractivity contribution in [2.75, 3.05) is 19.3 Å². The van der Waals surface area contributed by atoms with E-state index in [9.17, 15) is 9.59 Å². The predicted molar refractivity (Wildman–Crippen MR) is 125 cm³/mol. The van der Waals surface area contributed by atoms with Crippen LogP contribution in [0.1, 0.15) is 62.2 Å². The monoisotopic (exact) mass is 458 g/mol. The van der Waals surface area contributed by atoms with Gasteiger partial charge in [0.15, 0.2) is 0 Å². The maximum Gasteiger partial charge on any atom is 0.286 e. The van der Waals surface area contributed by atoms with Gasteiger partial charge in [-0.25, -0.2) is 0 Å². The highest BCUT2D eigenvalue weighted by molar-refractivity contribution is 7.99. The first-order valence-corrected chi connectivity index (χ1v) is 12.5. The van der Waals surface area contributed by atoms with Gasteiger partial charge in [-0.05, 0) is 31.4 Å². The molecule has 1 atom stereocenters. The molecule has 1 aliphatic rings. The lowest BCUT2D eigenvalue weighted by molar-refractivity contribution is -0.126. The summed E-state index contributed by atoms with van der Waals surface area (Å²) in [4.78, 5) is 27.8. The first-order valence-electron chi connectivity index (χ1n) is 11.5. The van der Waals surface area contributed by atoms with Crippen LogP contribution in [0.15, 0.2) is 40.0 Å². The molecule has 3 rings (SSSR count). The largest absolute Gasteiger partial charge is 0.408 e. The number of rotatable bonds is 11. The average Bonchev–Trinajstić information content (AvgIpc) is 3.27. The van der Waals surface area contributed by atoms with E-state index < -0.39 is 6.04 Å². The van der Waals surface area contributed by atoms with Gasteiger partial charge in [0.25, 0.3) is 11.1 Å². The van der Waals surface area contributed by atoms with Crippen LogP contribution >= 0.6 is 11.8 Å². The lowest BCUT2D eigenvalue weighted by Gasteiger charge is -2.25. The first kappa shape index (κ1) is 24.5. The van der Waals surface area contributed by atoms with Gasteiger partial charge in [0.1, 0.15) is 0 Å². The number of hydrogen-bond donors (Lipinski definition) is 1. The molecule has 0 spiro atoms. The van der Waals surface area contributed by atoms with E-state index in [2.05, 4.69) is 39.6 Å². The summed E-state index contributed by atoms with van der Waals surface area (Å²) < 4.78 is 5.63. The number of benzene rings is 1. The van der Waals surface area contributed by atoms with Crippen molar-refractivity contribution in [1.29, 1.82) is 0 Å². The lowest BCUT2D eigenvalue weighted by Crippen LogP contribution is -2.47. The molecule has 1 N–H and O–H groups in total. The Morgan fingerprint density at radius 3 is 2.56 bits per heavy atom. The van der Waals surface area contributed by atoms with E-state index in [0.717, 1.165) is 44.5 Å². The molecule has 1 saturated carbocycles. The van der Waals surface area contributed by atoms with Gasteiger partial charge in [-0.15, -0.1) is 10.2 Å². The van der Waals surface area contributed by atoms with Crippen LogP contribution < -0.4 is 5.32 Å². The van der Waals surface area contributed by atoms with Crippen LogP contribution in [-0.4, -0.2) is 52.2 Å². The molecule has 1 aromatic heterocycles. The van der Waals surface area contributed by atoms with Gasteiger partial charge in [0, 0.05) is 24.8 Å². The summed E-state index contributed by atoms with van der Waals surface area (Å²) in [6, 6.07) is 9.65. The summed E-state index contributed by atoms with van der Waals surface area (Å²) >= 11 is 1.43. The maximum absolute atomic E-state index is 13.0. The van der Waals surface area contributed by atoms with Gasteiger partial charge in [-0.1, -0.05) is 75.2 Å². The van der Waals surface area contributed by atoms with E-state index >= 15 is 0 Å². The number of carbonyl (C=O) groups excluding carboxylic acids is 2. The second-order valence-corrected chi connectivity index (χ2v) is 9.92. The molecule has 7 nitrogen and oxygen atoms in total. The number of nitrogens with one attached hydrogen (secondary N) is 1. The third-order valence-corrected chi connectivity index (χ3v) is 6.63.